The summed E-state index contributed by atoms with van der Waals surface area (Å²) in [7, 11) is 1.65. The van der Waals surface area contributed by atoms with Gasteiger partial charge in [0.05, 0.1) is 19.4 Å². The van der Waals surface area contributed by atoms with Gasteiger partial charge in [0.15, 0.2) is 0 Å². The Bertz CT molecular complexity index is 663. The molecule has 0 saturated heterocycles. The minimum absolute atomic E-state index is 0.337. The summed E-state index contributed by atoms with van der Waals surface area (Å²) in [4.78, 5) is 17.4. The normalized spacial score (nSPS) is 12.5. The van der Waals surface area contributed by atoms with Crippen LogP contribution < -0.4 is 4.74 Å². The maximum absolute atomic E-state index is 11.8. The van der Waals surface area contributed by atoms with Crippen molar-refractivity contribution < 1.29 is 14.3 Å². The van der Waals surface area contributed by atoms with Gasteiger partial charge in [-0.2, -0.15) is 0 Å². The zero-order valence-electron chi connectivity index (χ0n) is 11.4. The number of carbonyl (C=O) groups excluding carboxylic acids is 1. The van der Waals surface area contributed by atoms with Crippen molar-refractivity contribution in [1.29, 1.82) is 0 Å². The smallest absolute Gasteiger partial charge is 0.367 e. The molecule has 3 rings (SSSR count). The maximum atomic E-state index is 11.8. The molecule has 104 valence electrons. The summed E-state index contributed by atoms with van der Waals surface area (Å²) in [5, 5.41) is 0.438. The van der Waals surface area contributed by atoms with E-state index in [9.17, 15) is 4.79 Å². The molecule has 2 aromatic rings. The predicted molar refractivity (Wildman–Crippen MR) is 77.5 cm³/mol. The highest BCUT2D eigenvalue weighted by Gasteiger charge is 2.24. The molecule has 5 heteroatoms. The van der Waals surface area contributed by atoms with E-state index in [2.05, 4.69) is 11.1 Å². The van der Waals surface area contributed by atoms with Gasteiger partial charge in [0.2, 0.25) is 5.01 Å². The fourth-order valence-electron chi connectivity index (χ4n) is 2.38. The van der Waals surface area contributed by atoms with Crippen LogP contribution in [0.5, 0.6) is 5.75 Å². The van der Waals surface area contributed by atoms with Crippen LogP contribution in [-0.4, -0.2) is 24.7 Å². The van der Waals surface area contributed by atoms with E-state index in [0.717, 1.165) is 34.7 Å². The first-order valence-corrected chi connectivity index (χ1v) is 7.38. The summed E-state index contributed by atoms with van der Waals surface area (Å²) in [6, 6.07) is 6.02. The molecule has 1 heterocycles. The fraction of sp³-hybridized carbons (Fsp3) is 0.333. The zero-order chi connectivity index (χ0) is 14.1. The van der Waals surface area contributed by atoms with Crippen LogP contribution in [0.4, 0.5) is 0 Å². The molecule has 4 nitrogen and oxygen atoms in total. The third kappa shape index (κ3) is 2.18. The number of fused-ring (bicyclic) bond motifs is 3. The van der Waals surface area contributed by atoms with E-state index in [1.165, 1.54) is 16.9 Å². The lowest BCUT2D eigenvalue weighted by Gasteiger charge is -2.15. The molecule has 0 fully saturated rings. The number of hydrogen-bond acceptors (Lipinski definition) is 5. The number of rotatable bonds is 3. The summed E-state index contributed by atoms with van der Waals surface area (Å²) in [5.74, 6) is 0.471. The Morgan fingerprint density at radius 1 is 1.40 bits per heavy atom. The third-order valence-electron chi connectivity index (χ3n) is 3.34. The van der Waals surface area contributed by atoms with Crippen LogP contribution in [0.15, 0.2) is 18.2 Å². The molecule has 1 aliphatic rings. The van der Waals surface area contributed by atoms with E-state index in [1.807, 2.05) is 12.1 Å². The molecule has 20 heavy (non-hydrogen) atoms. The number of carbonyl (C=O) groups is 1. The van der Waals surface area contributed by atoms with Crippen molar-refractivity contribution in [3.63, 3.8) is 0 Å². The van der Waals surface area contributed by atoms with Crippen molar-refractivity contribution in [2.24, 2.45) is 0 Å². The summed E-state index contributed by atoms with van der Waals surface area (Å²) in [6.45, 7) is 2.17. The Labute approximate surface area is 121 Å². The van der Waals surface area contributed by atoms with Crippen molar-refractivity contribution in [3.05, 3.63) is 33.6 Å². The van der Waals surface area contributed by atoms with Gasteiger partial charge in [0.25, 0.3) is 0 Å². The summed E-state index contributed by atoms with van der Waals surface area (Å²) in [6.07, 6.45) is 1.89. The highest BCUT2D eigenvalue weighted by Crippen LogP contribution is 2.38. The SMILES string of the molecule is CCOC(=O)c1nc2c(s1)CCc1ccc(OC)cc1-2. The maximum Gasteiger partial charge on any atom is 0.367 e. The molecule has 0 radical (unpaired) electrons. The zero-order valence-corrected chi connectivity index (χ0v) is 12.3. The molecule has 0 unspecified atom stereocenters. The van der Waals surface area contributed by atoms with Gasteiger partial charge in [-0.1, -0.05) is 6.07 Å². The third-order valence-corrected chi connectivity index (χ3v) is 4.44. The number of ether oxygens (including phenoxy) is 2. The van der Waals surface area contributed by atoms with Crippen molar-refractivity contribution in [2.75, 3.05) is 13.7 Å². The van der Waals surface area contributed by atoms with Gasteiger partial charge >= 0.3 is 5.97 Å². The molecule has 0 atom stereocenters. The van der Waals surface area contributed by atoms with Gasteiger partial charge in [-0.05, 0) is 37.5 Å². The van der Waals surface area contributed by atoms with Crippen molar-refractivity contribution in [1.82, 2.24) is 4.98 Å². The number of aryl methyl sites for hydroxylation is 2. The molecular formula is C15H15NO3S. The number of thiazole rings is 1. The Kier molecular flexibility index (Phi) is 3.44. The average molecular weight is 289 g/mol. The van der Waals surface area contributed by atoms with E-state index in [-0.39, 0.29) is 5.97 Å². The van der Waals surface area contributed by atoms with Crippen LogP contribution in [0, 0.1) is 0 Å². The van der Waals surface area contributed by atoms with Gasteiger partial charge in [-0.3, -0.25) is 0 Å². The standard InChI is InChI=1S/C15H15NO3S/c1-3-19-15(17)14-16-13-11-8-10(18-2)6-4-9(11)5-7-12(13)20-14/h4,6,8H,3,5,7H2,1-2H3. The molecule has 1 aromatic heterocycles. The van der Waals surface area contributed by atoms with Crippen LogP contribution in [0.2, 0.25) is 0 Å². The molecule has 0 spiro atoms. The highest BCUT2D eigenvalue weighted by molar-refractivity contribution is 7.14. The molecule has 0 amide bonds. The summed E-state index contributed by atoms with van der Waals surface area (Å²) >= 11 is 1.43. The quantitative estimate of drug-likeness (QED) is 0.815. The Hall–Kier alpha value is -1.88. The Balaban J connectivity index is 2.04. The molecule has 0 bridgehead atoms. The monoisotopic (exact) mass is 289 g/mol. The Morgan fingerprint density at radius 2 is 2.25 bits per heavy atom. The predicted octanol–water partition coefficient (Wildman–Crippen LogP) is 3.09. The molecule has 0 aliphatic heterocycles. The first kappa shape index (κ1) is 13.1. The first-order chi connectivity index (χ1) is 9.72. The van der Waals surface area contributed by atoms with Crippen molar-refractivity contribution >= 4 is 17.3 Å². The Morgan fingerprint density at radius 3 is 3.00 bits per heavy atom. The van der Waals surface area contributed by atoms with Gasteiger partial charge in [0, 0.05) is 10.4 Å². The lowest BCUT2D eigenvalue weighted by Crippen LogP contribution is -2.04. The van der Waals surface area contributed by atoms with E-state index >= 15 is 0 Å². The second-order valence-corrected chi connectivity index (χ2v) is 5.62. The molecule has 1 aromatic carbocycles. The van der Waals surface area contributed by atoms with E-state index in [4.69, 9.17) is 9.47 Å². The summed E-state index contributed by atoms with van der Waals surface area (Å²) < 4.78 is 10.3. The van der Waals surface area contributed by atoms with Crippen LogP contribution >= 0.6 is 11.3 Å². The first-order valence-electron chi connectivity index (χ1n) is 6.57. The molecule has 0 saturated carbocycles. The summed E-state index contributed by atoms with van der Waals surface area (Å²) in [5.41, 5.74) is 3.22. The average Bonchev–Trinajstić information content (AvgIpc) is 2.91. The van der Waals surface area contributed by atoms with Gasteiger partial charge in [0.1, 0.15) is 5.75 Å². The number of methoxy groups -OCH3 is 1. The number of aromatic nitrogens is 1. The van der Waals surface area contributed by atoms with Crippen molar-refractivity contribution in [3.8, 4) is 17.0 Å². The van der Waals surface area contributed by atoms with Crippen LogP contribution in [0.25, 0.3) is 11.3 Å². The number of nitrogens with zero attached hydrogens (tertiary/aromatic N) is 1. The largest absolute Gasteiger partial charge is 0.497 e. The van der Waals surface area contributed by atoms with Crippen molar-refractivity contribution in [2.45, 2.75) is 19.8 Å². The second-order valence-electron chi connectivity index (χ2n) is 4.53. The molecular weight excluding hydrogens is 274 g/mol. The van der Waals surface area contributed by atoms with Crippen LogP contribution in [0.3, 0.4) is 0 Å². The molecule has 1 aliphatic carbocycles. The molecule has 0 N–H and O–H groups in total. The number of benzene rings is 1. The van der Waals surface area contributed by atoms with Crippen LogP contribution in [0.1, 0.15) is 27.2 Å². The second kappa shape index (κ2) is 5.25. The van der Waals surface area contributed by atoms with E-state index in [0.29, 0.717) is 11.6 Å². The van der Waals surface area contributed by atoms with E-state index < -0.39 is 0 Å². The van der Waals surface area contributed by atoms with Gasteiger partial charge in [-0.25, -0.2) is 9.78 Å². The fourth-order valence-corrected chi connectivity index (χ4v) is 3.35. The number of hydrogen-bond donors (Lipinski definition) is 0. The lowest BCUT2D eigenvalue weighted by molar-refractivity contribution is 0.0526. The minimum atomic E-state index is -0.337. The minimum Gasteiger partial charge on any atom is -0.497 e. The highest BCUT2D eigenvalue weighted by atomic mass is 32.1. The lowest BCUT2D eigenvalue weighted by atomic mass is 9.93. The van der Waals surface area contributed by atoms with Gasteiger partial charge in [-0.15, -0.1) is 11.3 Å². The van der Waals surface area contributed by atoms with Crippen LogP contribution in [-0.2, 0) is 17.6 Å². The van der Waals surface area contributed by atoms with Gasteiger partial charge < -0.3 is 9.47 Å². The number of esters is 1. The topological polar surface area (TPSA) is 48.4 Å². The van der Waals surface area contributed by atoms with E-state index in [1.54, 1.807) is 14.0 Å².